The molecule has 0 aliphatic carbocycles. The van der Waals surface area contributed by atoms with Gasteiger partial charge in [-0.1, -0.05) is 232 Å². The Hall–Kier alpha value is -2.78. The smallest absolute Gasteiger partial charge is 0.251 e. The van der Waals surface area contributed by atoms with Crippen molar-refractivity contribution in [3.8, 4) is 0 Å². The predicted octanol–water partition coefficient (Wildman–Crippen LogP) is 17.6. The van der Waals surface area contributed by atoms with Crippen LogP contribution in [-0.4, -0.2) is 77.8 Å². The number of amides is 2. The van der Waals surface area contributed by atoms with E-state index in [1.165, 1.54) is 191 Å². The lowest BCUT2D eigenvalue weighted by atomic mass is 9.99. The molecule has 2 N–H and O–H groups in total. The van der Waals surface area contributed by atoms with Crippen LogP contribution in [0.25, 0.3) is 0 Å². The molecule has 0 bridgehead atoms. The molecule has 0 fully saturated rings. The molecule has 0 atom stereocenters. The number of hydrogen-bond acceptors (Lipinski definition) is 6. The summed E-state index contributed by atoms with van der Waals surface area (Å²) in [6, 6.07) is 16.1. The lowest BCUT2D eigenvalue weighted by molar-refractivity contribution is 0.0367. The highest BCUT2D eigenvalue weighted by molar-refractivity contribution is 5.94. The Morgan fingerprint density at radius 1 is 0.324 bits per heavy atom. The molecule has 0 saturated heterocycles. The molecule has 8 nitrogen and oxygen atoms in total. The fourth-order valence-corrected chi connectivity index (χ4v) is 9.79. The van der Waals surface area contributed by atoms with Gasteiger partial charge < -0.3 is 29.6 Å². The third-order valence-electron chi connectivity index (χ3n) is 14.6. The van der Waals surface area contributed by atoms with E-state index in [4.69, 9.17) is 18.9 Å². The van der Waals surface area contributed by atoms with Crippen LogP contribution in [0.4, 0.5) is 0 Å². The topological polar surface area (TPSA) is 95.1 Å². The van der Waals surface area contributed by atoms with Gasteiger partial charge in [0.25, 0.3) is 11.8 Å². The average Bonchev–Trinajstić information content (AvgIpc) is 3.41. The van der Waals surface area contributed by atoms with E-state index in [2.05, 4.69) is 62.6 Å². The van der Waals surface area contributed by atoms with Gasteiger partial charge in [-0.25, -0.2) is 0 Å². The van der Waals surface area contributed by atoms with Crippen molar-refractivity contribution in [3.05, 3.63) is 70.8 Å². The molecule has 0 saturated carbocycles. The summed E-state index contributed by atoms with van der Waals surface area (Å²) in [5.41, 5.74) is 3.75. The zero-order valence-electron chi connectivity index (χ0n) is 48.7. The molecule has 2 amide bonds. The lowest BCUT2D eigenvalue weighted by Gasteiger charge is -2.18. The molecule has 0 aromatic heterocycles. The van der Waals surface area contributed by atoms with Gasteiger partial charge in [0, 0.05) is 62.5 Å². The Bertz CT molecular complexity index is 1360. The van der Waals surface area contributed by atoms with Gasteiger partial charge in [-0.2, -0.15) is 0 Å². The van der Waals surface area contributed by atoms with Crippen LogP contribution in [0, 0.1) is 11.8 Å². The molecular formula is C66H116N2O6. The van der Waals surface area contributed by atoms with Gasteiger partial charge in [0.15, 0.2) is 0 Å². The van der Waals surface area contributed by atoms with Crippen molar-refractivity contribution in [2.24, 2.45) is 11.8 Å². The molecule has 426 valence electrons. The molecule has 74 heavy (non-hydrogen) atoms. The number of nitrogens with one attached hydrogen (secondary N) is 2. The minimum absolute atomic E-state index is 0.0630. The fraction of sp³-hybridized carbons (Fsp3) is 0.788. The summed E-state index contributed by atoms with van der Waals surface area (Å²) in [6.07, 6.45) is 44.9. The van der Waals surface area contributed by atoms with Gasteiger partial charge in [-0.3, -0.25) is 9.59 Å². The average molecular weight is 1030 g/mol. The predicted molar refractivity (Wildman–Crippen MR) is 315 cm³/mol. The van der Waals surface area contributed by atoms with Crippen LogP contribution in [0.5, 0.6) is 0 Å². The molecule has 0 aliphatic rings. The zero-order chi connectivity index (χ0) is 53.0. The number of rotatable bonds is 55. The van der Waals surface area contributed by atoms with Gasteiger partial charge in [-0.15, -0.1) is 0 Å². The fourth-order valence-electron chi connectivity index (χ4n) is 9.79. The summed E-state index contributed by atoms with van der Waals surface area (Å²) in [4.78, 5) is 26.1. The number of benzene rings is 2. The zero-order valence-corrected chi connectivity index (χ0v) is 48.7. The summed E-state index contributed by atoms with van der Waals surface area (Å²) in [5, 5.41) is 6.15. The molecule has 0 heterocycles. The second kappa shape index (κ2) is 51.0. The maximum absolute atomic E-state index is 13.1. The van der Waals surface area contributed by atoms with Crippen LogP contribution in [0.2, 0.25) is 0 Å². The maximum atomic E-state index is 13.1. The molecule has 0 unspecified atom stereocenters. The van der Waals surface area contributed by atoms with Crippen LogP contribution < -0.4 is 10.6 Å². The maximum Gasteiger partial charge on any atom is 0.251 e. The van der Waals surface area contributed by atoms with Gasteiger partial charge in [0.1, 0.15) is 0 Å². The summed E-state index contributed by atoms with van der Waals surface area (Å²) >= 11 is 0. The Kier molecular flexibility index (Phi) is 46.4. The van der Waals surface area contributed by atoms with E-state index < -0.39 is 0 Å². The summed E-state index contributed by atoms with van der Waals surface area (Å²) in [7, 11) is 0. The van der Waals surface area contributed by atoms with Crippen molar-refractivity contribution < 1.29 is 28.5 Å². The normalized spacial score (nSPS) is 11.6. The second-order valence-electron chi connectivity index (χ2n) is 22.0. The monoisotopic (exact) mass is 1030 g/mol. The van der Waals surface area contributed by atoms with E-state index in [1.54, 1.807) is 0 Å². The molecule has 2 aromatic carbocycles. The minimum Gasteiger partial charge on any atom is -0.381 e. The molecule has 8 heteroatoms. The van der Waals surface area contributed by atoms with Crippen molar-refractivity contribution in [2.75, 3.05) is 65.9 Å². The highest BCUT2D eigenvalue weighted by atomic mass is 16.5. The van der Waals surface area contributed by atoms with Crippen molar-refractivity contribution in [1.82, 2.24) is 10.6 Å². The van der Waals surface area contributed by atoms with Crippen molar-refractivity contribution in [2.45, 2.75) is 259 Å². The van der Waals surface area contributed by atoms with Gasteiger partial charge >= 0.3 is 0 Å². The van der Waals surface area contributed by atoms with E-state index in [0.717, 1.165) is 77.8 Å². The van der Waals surface area contributed by atoms with Crippen LogP contribution in [-0.2, 0) is 31.8 Å². The van der Waals surface area contributed by atoms with E-state index >= 15 is 0 Å². The van der Waals surface area contributed by atoms with Crippen molar-refractivity contribution >= 4 is 11.8 Å². The van der Waals surface area contributed by atoms with Gasteiger partial charge in [0.2, 0.25) is 0 Å². The third-order valence-corrected chi connectivity index (χ3v) is 14.6. The third kappa shape index (κ3) is 39.6. The highest BCUT2D eigenvalue weighted by Gasteiger charge is 2.15. The van der Waals surface area contributed by atoms with Crippen molar-refractivity contribution in [3.63, 3.8) is 0 Å². The standard InChI is InChI=1S/C66H116N2O6/c1-5-9-13-17-21-25-29-35-49-71-55-61(56-72-50-36-30-26-22-18-14-10-6-2)53-59-39-43-63(44-40-59)65(69)67-47-33-34-48-68-66(70)64-45-41-60(42-46-64)54-62(57-73-51-37-31-27-23-19-15-11-7-3)58-74-52-38-32-28-24-20-16-12-8-4/h39-46,61-62H,5-38,47-58H2,1-4H3,(H,67,69)(H,68,70). The number of carbonyl (C=O) groups is 2. The lowest BCUT2D eigenvalue weighted by Crippen LogP contribution is -2.27. The number of carbonyl (C=O) groups excluding carboxylic acids is 2. The molecule has 0 aliphatic heterocycles. The van der Waals surface area contributed by atoms with E-state index in [0.29, 0.717) is 50.6 Å². The van der Waals surface area contributed by atoms with Crippen LogP contribution >= 0.6 is 0 Å². The van der Waals surface area contributed by atoms with E-state index in [-0.39, 0.29) is 23.7 Å². The molecule has 2 rings (SSSR count). The number of unbranched alkanes of at least 4 members (excludes halogenated alkanes) is 29. The summed E-state index contributed by atoms with van der Waals surface area (Å²) in [5.74, 6) is 0.447. The molecular weight excluding hydrogens is 917 g/mol. The second-order valence-corrected chi connectivity index (χ2v) is 22.0. The van der Waals surface area contributed by atoms with Crippen LogP contribution in [0.1, 0.15) is 278 Å². The summed E-state index contributed by atoms with van der Waals surface area (Å²) < 4.78 is 24.9. The first-order chi connectivity index (χ1) is 36.5. The Morgan fingerprint density at radius 2 is 0.554 bits per heavy atom. The number of ether oxygens (including phenoxy) is 4. The largest absolute Gasteiger partial charge is 0.381 e. The molecule has 2 aromatic rings. The molecule has 0 radical (unpaired) electrons. The Labute approximate surface area is 456 Å². The summed E-state index contributed by atoms with van der Waals surface area (Å²) in [6.45, 7) is 16.3. The van der Waals surface area contributed by atoms with E-state index in [1.807, 2.05) is 24.3 Å². The molecule has 0 spiro atoms. The van der Waals surface area contributed by atoms with Gasteiger partial charge in [0.05, 0.1) is 26.4 Å². The Balaban J connectivity index is 1.73. The Morgan fingerprint density at radius 3 is 0.797 bits per heavy atom. The minimum atomic E-state index is -0.0630. The number of hydrogen-bond donors (Lipinski definition) is 2. The van der Waals surface area contributed by atoms with Gasteiger partial charge in [-0.05, 0) is 86.8 Å². The first kappa shape index (κ1) is 67.3. The first-order valence-corrected chi connectivity index (χ1v) is 31.6. The SMILES string of the molecule is CCCCCCCCCCOCC(COCCCCCCCCCC)Cc1ccc(C(=O)NCCCCNC(=O)c2ccc(CC(COCCCCCCCCCC)COCCCCCCCCCC)cc2)cc1. The quantitative estimate of drug-likeness (QED) is 0.0641. The van der Waals surface area contributed by atoms with Crippen molar-refractivity contribution in [1.29, 1.82) is 0 Å². The van der Waals surface area contributed by atoms with Crippen LogP contribution in [0.15, 0.2) is 48.5 Å². The van der Waals surface area contributed by atoms with Crippen LogP contribution in [0.3, 0.4) is 0 Å². The van der Waals surface area contributed by atoms with E-state index in [9.17, 15) is 9.59 Å². The first-order valence-electron chi connectivity index (χ1n) is 31.6. The highest BCUT2D eigenvalue weighted by Crippen LogP contribution is 2.17.